The Morgan fingerprint density at radius 1 is 1.25 bits per heavy atom. The van der Waals surface area contributed by atoms with E-state index in [1.807, 2.05) is 0 Å². The summed E-state index contributed by atoms with van der Waals surface area (Å²) in [6.45, 7) is 4.54. The molecule has 1 aliphatic rings. The molecule has 0 spiro atoms. The molecule has 0 heterocycles. The van der Waals surface area contributed by atoms with E-state index < -0.39 is 0 Å². The topological polar surface area (TPSA) is 12.0 Å². The lowest BCUT2D eigenvalue weighted by Crippen LogP contribution is -2.35. The van der Waals surface area contributed by atoms with Crippen LogP contribution in [0, 0.1) is 12.8 Å². The maximum Gasteiger partial charge on any atom is 0.0346 e. The number of likely N-dealkylation sites (N-methyl/N-ethyl adjacent to an activating group) is 1. The van der Waals surface area contributed by atoms with Crippen molar-refractivity contribution in [3.8, 4) is 0 Å². The highest BCUT2D eigenvalue weighted by molar-refractivity contribution is 5.72. The zero-order valence-electron chi connectivity index (χ0n) is 10.5. The maximum atomic E-state index is 3.46. The lowest BCUT2D eigenvalue weighted by molar-refractivity contribution is 0.431. The van der Waals surface area contributed by atoms with Crippen LogP contribution in [0.25, 0.3) is 5.57 Å². The summed E-state index contributed by atoms with van der Waals surface area (Å²) in [5.41, 5.74) is 4.27. The van der Waals surface area contributed by atoms with E-state index in [4.69, 9.17) is 0 Å². The highest BCUT2D eigenvalue weighted by atomic mass is 14.9. The predicted octanol–water partition coefficient (Wildman–Crippen LogP) is 3.40. The summed E-state index contributed by atoms with van der Waals surface area (Å²) >= 11 is 0. The third-order valence-corrected chi connectivity index (χ3v) is 3.66. The van der Waals surface area contributed by atoms with Crippen LogP contribution in [0.5, 0.6) is 0 Å². The second-order valence-corrected chi connectivity index (χ2v) is 4.80. The molecule has 0 saturated carbocycles. The molecule has 1 nitrogen and oxygen atoms in total. The quantitative estimate of drug-likeness (QED) is 0.797. The molecule has 0 aromatic heterocycles. The van der Waals surface area contributed by atoms with Crippen molar-refractivity contribution in [1.29, 1.82) is 0 Å². The van der Waals surface area contributed by atoms with Crippen LogP contribution < -0.4 is 5.32 Å². The van der Waals surface area contributed by atoms with Crippen molar-refractivity contribution in [3.63, 3.8) is 0 Å². The second-order valence-electron chi connectivity index (χ2n) is 4.80. The van der Waals surface area contributed by atoms with Crippen LogP contribution in [0.3, 0.4) is 0 Å². The van der Waals surface area contributed by atoms with Crippen LogP contribution in [0.1, 0.15) is 30.9 Å². The molecule has 0 saturated heterocycles. The highest BCUT2D eigenvalue weighted by Crippen LogP contribution is 2.32. The molecule has 1 aromatic rings. The molecule has 1 heteroatoms. The minimum Gasteiger partial charge on any atom is -0.313 e. The third kappa shape index (κ3) is 2.05. The van der Waals surface area contributed by atoms with Gasteiger partial charge in [0.05, 0.1) is 0 Å². The summed E-state index contributed by atoms with van der Waals surface area (Å²) in [5.74, 6) is 0.726. The lowest BCUT2D eigenvalue weighted by Gasteiger charge is -2.31. The molecule has 0 amide bonds. The smallest absolute Gasteiger partial charge is 0.0346 e. The van der Waals surface area contributed by atoms with E-state index in [9.17, 15) is 0 Å². The Bertz CT molecular complexity index is 392. The summed E-state index contributed by atoms with van der Waals surface area (Å²) in [6, 6.07) is 9.19. The Morgan fingerprint density at radius 3 is 2.69 bits per heavy atom. The molecule has 0 radical (unpaired) electrons. The van der Waals surface area contributed by atoms with Gasteiger partial charge in [0.1, 0.15) is 0 Å². The van der Waals surface area contributed by atoms with E-state index in [0.717, 1.165) is 5.92 Å². The molecule has 0 fully saturated rings. The van der Waals surface area contributed by atoms with Gasteiger partial charge in [-0.05, 0) is 49.4 Å². The highest BCUT2D eigenvalue weighted by Gasteiger charge is 2.24. The number of hydrogen-bond acceptors (Lipinski definition) is 1. The largest absolute Gasteiger partial charge is 0.313 e. The van der Waals surface area contributed by atoms with Crippen LogP contribution >= 0.6 is 0 Å². The third-order valence-electron chi connectivity index (χ3n) is 3.66. The molecule has 1 N–H and O–H groups in total. The first-order valence-electron chi connectivity index (χ1n) is 6.17. The molecule has 86 valence electrons. The maximum absolute atomic E-state index is 3.46. The normalized spacial score (nSPS) is 25.3. The van der Waals surface area contributed by atoms with E-state index in [1.54, 1.807) is 0 Å². The Morgan fingerprint density at radius 2 is 2.00 bits per heavy atom. The Hall–Kier alpha value is -1.08. The van der Waals surface area contributed by atoms with Gasteiger partial charge in [0.2, 0.25) is 0 Å². The zero-order valence-corrected chi connectivity index (χ0v) is 10.5. The summed E-state index contributed by atoms with van der Waals surface area (Å²) in [6.07, 6.45) is 4.91. The standard InChI is InChI=1S/C15H21N/c1-11-7-4-5-9-13(11)14-10-6-8-12(2)15(14)16-3/h4-5,7,9-10,12,15-16H,6,8H2,1-3H3. The molecule has 1 aliphatic carbocycles. The van der Waals surface area contributed by atoms with Crippen molar-refractivity contribution >= 4 is 5.57 Å². The van der Waals surface area contributed by atoms with Gasteiger partial charge in [-0.3, -0.25) is 0 Å². The number of aryl methyl sites for hydroxylation is 1. The summed E-state index contributed by atoms with van der Waals surface area (Å²) in [4.78, 5) is 0. The number of allylic oxidation sites excluding steroid dienone is 1. The second kappa shape index (κ2) is 4.84. The molecular formula is C15H21N. The minimum atomic E-state index is 0.509. The molecule has 2 atom stereocenters. The van der Waals surface area contributed by atoms with Crippen LogP contribution in [0.4, 0.5) is 0 Å². The van der Waals surface area contributed by atoms with Gasteiger partial charge in [-0.15, -0.1) is 0 Å². The van der Waals surface area contributed by atoms with Crippen LogP contribution in [-0.2, 0) is 0 Å². The minimum absolute atomic E-state index is 0.509. The van der Waals surface area contributed by atoms with Gasteiger partial charge < -0.3 is 5.32 Å². The fourth-order valence-corrected chi connectivity index (χ4v) is 2.72. The van der Waals surface area contributed by atoms with Crippen LogP contribution in [-0.4, -0.2) is 13.1 Å². The van der Waals surface area contributed by atoms with Crippen LogP contribution in [0.2, 0.25) is 0 Å². The van der Waals surface area contributed by atoms with Crippen molar-refractivity contribution < 1.29 is 0 Å². The van der Waals surface area contributed by atoms with E-state index in [-0.39, 0.29) is 0 Å². The van der Waals surface area contributed by atoms with Crippen molar-refractivity contribution in [2.75, 3.05) is 7.05 Å². The fraction of sp³-hybridized carbons (Fsp3) is 0.467. The first-order chi connectivity index (χ1) is 7.74. The van der Waals surface area contributed by atoms with Crippen LogP contribution in [0.15, 0.2) is 30.3 Å². The van der Waals surface area contributed by atoms with Gasteiger partial charge in [-0.1, -0.05) is 37.3 Å². The number of rotatable bonds is 2. The molecule has 1 aromatic carbocycles. The van der Waals surface area contributed by atoms with Crippen molar-refractivity contribution in [1.82, 2.24) is 5.32 Å². The summed E-state index contributed by atoms with van der Waals surface area (Å²) < 4.78 is 0. The zero-order chi connectivity index (χ0) is 11.5. The molecular weight excluding hydrogens is 194 g/mol. The first kappa shape index (κ1) is 11.4. The van der Waals surface area contributed by atoms with Gasteiger partial charge in [0.25, 0.3) is 0 Å². The van der Waals surface area contributed by atoms with E-state index in [0.29, 0.717) is 6.04 Å². The number of benzene rings is 1. The van der Waals surface area contributed by atoms with Gasteiger partial charge in [0, 0.05) is 6.04 Å². The lowest BCUT2D eigenvalue weighted by atomic mass is 9.81. The predicted molar refractivity (Wildman–Crippen MR) is 70.4 cm³/mol. The summed E-state index contributed by atoms with van der Waals surface area (Å²) in [5, 5.41) is 3.46. The van der Waals surface area contributed by atoms with Crippen molar-refractivity contribution in [2.45, 2.75) is 32.7 Å². The van der Waals surface area contributed by atoms with Gasteiger partial charge >= 0.3 is 0 Å². The average molecular weight is 215 g/mol. The SMILES string of the molecule is CNC1C(c2ccccc2C)=CCCC1C. The molecule has 2 unspecified atom stereocenters. The van der Waals surface area contributed by atoms with Gasteiger partial charge in [-0.25, -0.2) is 0 Å². The van der Waals surface area contributed by atoms with Crippen molar-refractivity contribution in [2.24, 2.45) is 5.92 Å². The Kier molecular flexibility index (Phi) is 3.45. The van der Waals surface area contributed by atoms with Gasteiger partial charge in [-0.2, -0.15) is 0 Å². The molecule has 16 heavy (non-hydrogen) atoms. The van der Waals surface area contributed by atoms with Gasteiger partial charge in [0.15, 0.2) is 0 Å². The number of hydrogen-bond donors (Lipinski definition) is 1. The van der Waals surface area contributed by atoms with E-state index >= 15 is 0 Å². The Balaban J connectivity index is 2.39. The monoisotopic (exact) mass is 215 g/mol. The fourth-order valence-electron chi connectivity index (χ4n) is 2.72. The van der Waals surface area contributed by atoms with E-state index in [2.05, 4.69) is 56.6 Å². The molecule has 0 aliphatic heterocycles. The average Bonchev–Trinajstić information content (AvgIpc) is 2.29. The summed E-state index contributed by atoms with van der Waals surface area (Å²) in [7, 11) is 2.07. The van der Waals surface area contributed by atoms with Crippen molar-refractivity contribution in [3.05, 3.63) is 41.5 Å². The Labute approximate surface area is 98.6 Å². The molecule has 2 rings (SSSR count). The molecule has 0 bridgehead atoms. The van der Waals surface area contributed by atoms with E-state index in [1.165, 1.54) is 29.5 Å². The number of nitrogens with one attached hydrogen (secondary N) is 1. The first-order valence-corrected chi connectivity index (χ1v) is 6.17.